The van der Waals surface area contributed by atoms with E-state index in [2.05, 4.69) is 77.2 Å². The molecule has 2 heteroatoms. The van der Waals surface area contributed by atoms with Gasteiger partial charge >= 0.3 is 0 Å². The Bertz CT molecular complexity index is 1500. The van der Waals surface area contributed by atoms with Gasteiger partial charge in [-0.3, -0.25) is 0 Å². The van der Waals surface area contributed by atoms with Crippen LogP contribution in [0.15, 0.2) is 66.7 Å². The lowest BCUT2D eigenvalue weighted by Crippen LogP contribution is -1.92. The second-order valence-electron chi connectivity index (χ2n) is 7.18. The van der Waals surface area contributed by atoms with Gasteiger partial charge in [0.1, 0.15) is 0 Å². The van der Waals surface area contributed by atoms with E-state index in [-0.39, 0.29) is 0 Å². The van der Waals surface area contributed by atoms with E-state index in [9.17, 15) is 0 Å². The molecule has 2 nitrogen and oxygen atoms in total. The summed E-state index contributed by atoms with van der Waals surface area (Å²) in [6, 6.07) is 22.0. The molecule has 4 aromatic rings. The highest BCUT2D eigenvalue weighted by Crippen LogP contribution is 2.45. The second-order valence-corrected chi connectivity index (χ2v) is 7.18. The van der Waals surface area contributed by atoms with E-state index in [1.807, 2.05) is 0 Å². The predicted molar refractivity (Wildman–Crippen MR) is 108 cm³/mol. The second kappa shape index (κ2) is 4.23. The van der Waals surface area contributed by atoms with Crippen molar-refractivity contribution in [1.29, 1.82) is 0 Å². The molecule has 26 heavy (non-hydrogen) atoms. The fourth-order valence-corrected chi connectivity index (χ4v) is 4.95. The molecule has 0 radical (unpaired) electrons. The number of rotatable bonds is 0. The molecule has 0 saturated carbocycles. The molecule has 1 aromatic heterocycles. The minimum absolute atomic E-state index is 0.961. The van der Waals surface area contributed by atoms with Crippen LogP contribution < -0.4 is 0 Å². The van der Waals surface area contributed by atoms with Gasteiger partial charge in [0.2, 0.25) is 0 Å². The number of benzene rings is 3. The molecule has 0 N–H and O–H groups in total. The van der Waals surface area contributed by atoms with Gasteiger partial charge in [0, 0.05) is 27.3 Å². The van der Waals surface area contributed by atoms with E-state index in [1.165, 1.54) is 49.4 Å². The fraction of sp³-hybridized carbons (Fsp3) is 0.0417. The Morgan fingerprint density at radius 2 is 1.54 bits per heavy atom. The molecular weight excluding hydrogens is 316 g/mol. The Morgan fingerprint density at radius 3 is 2.54 bits per heavy atom. The highest BCUT2D eigenvalue weighted by atomic mass is 14.9. The maximum Gasteiger partial charge on any atom is 0.0737 e. The summed E-state index contributed by atoms with van der Waals surface area (Å²) in [6.45, 7) is 0. The van der Waals surface area contributed by atoms with Crippen LogP contribution in [0.1, 0.15) is 11.3 Å². The maximum atomic E-state index is 4.93. The molecule has 0 fully saturated rings. The van der Waals surface area contributed by atoms with Crippen LogP contribution in [0.25, 0.3) is 55.4 Å². The Hall–Kier alpha value is -3.39. The predicted octanol–water partition coefficient (Wildman–Crippen LogP) is 5.91. The monoisotopic (exact) mass is 330 g/mol. The summed E-state index contributed by atoms with van der Waals surface area (Å²) in [5.41, 5.74) is 10.1. The highest BCUT2D eigenvalue weighted by molar-refractivity contribution is 6.18. The molecule has 0 atom stereocenters. The van der Waals surface area contributed by atoms with Gasteiger partial charge in [-0.25, -0.2) is 4.98 Å². The zero-order valence-corrected chi connectivity index (χ0v) is 14.0. The van der Waals surface area contributed by atoms with Crippen molar-refractivity contribution in [2.24, 2.45) is 0 Å². The number of aromatic nitrogens is 2. The first-order valence-corrected chi connectivity index (χ1v) is 9.07. The molecule has 7 rings (SSSR count). The van der Waals surface area contributed by atoms with Gasteiger partial charge in [0.05, 0.1) is 27.8 Å². The van der Waals surface area contributed by atoms with Crippen LogP contribution in [0.2, 0.25) is 0 Å². The summed E-state index contributed by atoms with van der Waals surface area (Å²) < 4.78 is 2.45. The summed E-state index contributed by atoms with van der Waals surface area (Å²) in [5, 5.41) is 3.99. The molecule has 0 amide bonds. The third-order valence-electron chi connectivity index (χ3n) is 5.93. The summed E-state index contributed by atoms with van der Waals surface area (Å²) >= 11 is 0. The number of hydrogen-bond donors (Lipinski definition) is 0. The normalized spacial score (nSPS) is 13.8. The van der Waals surface area contributed by atoms with Gasteiger partial charge in [-0.1, -0.05) is 48.5 Å². The zero-order valence-electron chi connectivity index (χ0n) is 14.0. The minimum Gasteiger partial charge on any atom is -0.308 e. The highest BCUT2D eigenvalue weighted by Gasteiger charge is 2.26. The topological polar surface area (TPSA) is 17.3 Å². The lowest BCUT2D eigenvalue weighted by atomic mass is 9.92. The molecule has 0 spiro atoms. The fourth-order valence-electron chi connectivity index (χ4n) is 4.95. The van der Waals surface area contributed by atoms with Crippen molar-refractivity contribution in [1.82, 2.24) is 9.38 Å². The molecular formula is C24H14N2. The number of allylic oxidation sites excluding steroid dienone is 1. The maximum absolute atomic E-state index is 4.93. The summed E-state index contributed by atoms with van der Waals surface area (Å²) in [5.74, 6) is 0. The molecule has 0 unspecified atom stereocenters. The van der Waals surface area contributed by atoms with E-state index >= 15 is 0 Å². The largest absolute Gasteiger partial charge is 0.308 e. The van der Waals surface area contributed by atoms with Crippen LogP contribution in [-0.2, 0) is 6.42 Å². The lowest BCUT2D eigenvalue weighted by molar-refractivity contribution is 1.28. The Balaban J connectivity index is 1.97. The molecule has 3 aromatic carbocycles. The van der Waals surface area contributed by atoms with Crippen molar-refractivity contribution in [2.75, 3.05) is 0 Å². The third-order valence-corrected chi connectivity index (χ3v) is 5.93. The number of para-hydroxylation sites is 2. The molecule has 0 saturated heterocycles. The average Bonchev–Trinajstić information content (AvgIpc) is 3.19. The van der Waals surface area contributed by atoms with Gasteiger partial charge in [-0.2, -0.15) is 0 Å². The van der Waals surface area contributed by atoms with Crippen molar-refractivity contribution >= 4 is 44.3 Å². The summed E-state index contributed by atoms with van der Waals surface area (Å²) in [6.07, 6.45) is 5.39. The van der Waals surface area contributed by atoms with E-state index in [1.54, 1.807) is 0 Å². The number of nitrogens with zero attached hydrogens (tertiary/aromatic N) is 2. The first kappa shape index (κ1) is 12.9. The Morgan fingerprint density at radius 1 is 0.731 bits per heavy atom. The van der Waals surface area contributed by atoms with E-state index in [0.717, 1.165) is 17.6 Å². The number of hydrogen-bond acceptors (Lipinski definition) is 1. The lowest BCUT2D eigenvalue weighted by Gasteiger charge is -2.10. The van der Waals surface area contributed by atoms with Crippen LogP contribution >= 0.6 is 0 Å². The van der Waals surface area contributed by atoms with E-state index in [4.69, 9.17) is 4.98 Å². The molecule has 3 heterocycles. The van der Waals surface area contributed by atoms with Gasteiger partial charge in [-0.15, -0.1) is 0 Å². The van der Waals surface area contributed by atoms with Crippen LogP contribution in [-0.4, -0.2) is 9.38 Å². The third kappa shape index (κ3) is 1.32. The minimum atomic E-state index is 0.961. The first-order chi connectivity index (χ1) is 12.9. The van der Waals surface area contributed by atoms with Crippen LogP contribution in [0, 0.1) is 0 Å². The summed E-state index contributed by atoms with van der Waals surface area (Å²) in [7, 11) is 0. The Kier molecular flexibility index (Phi) is 2.10. The molecule has 1 aliphatic carbocycles. The van der Waals surface area contributed by atoms with Crippen molar-refractivity contribution in [3.63, 3.8) is 0 Å². The standard InChI is InChI=1S/C24H14N2/c1-2-12-20-14(6-1)16-8-3-9-17-15-7-4-10-18-22(15)23-19(25-18)11-5-13-21(23)26(20)24(16)17/h1-6,8-13H,7H2. The van der Waals surface area contributed by atoms with Crippen molar-refractivity contribution < 1.29 is 0 Å². The van der Waals surface area contributed by atoms with Gasteiger partial charge in [0.15, 0.2) is 0 Å². The molecule has 120 valence electrons. The van der Waals surface area contributed by atoms with Crippen molar-refractivity contribution in [3.05, 3.63) is 78.0 Å². The van der Waals surface area contributed by atoms with Gasteiger partial charge in [0.25, 0.3) is 0 Å². The zero-order chi connectivity index (χ0) is 16.8. The average molecular weight is 330 g/mol. The van der Waals surface area contributed by atoms with Crippen LogP contribution in [0.4, 0.5) is 0 Å². The molecule has 3 aliphatic rings. The SMILES string of the molecule is C1=Cc2nc3cccc4c3-c2c(c2cccc3c5ccccc5n4c23)C1. The molecule has 2 aliphatic heterocycles. The Labute approximate surface area is 149 Å². The molecule has 0 bridgehead atoms. The van der Waals surface area contributed by atoms with E-state index < -0.39 is 0 Å². The van der Waals surface area contributed by atoms with Crippen molar-refractivity contribution in [2.45, 2.75) is 6.42 Å². The number of fused-ring (bicyclic) bond motifs is 5. The smallest absolute Gasteiger partial charge is 0.0737 e. The van der Waals surface area contributed by atoms with Gasteiger partial charge in [-0.05, 0) is 36.3 Å². The quantitative estimate of drug-likeness (QED) is 0.339. The van der Waals surface area contributed by atoms with Gasteiger partial charge < -0.3 is 4.40 Å². The van der Waals surface area contributed by atoms with Crippen LogP contribution in [0.3, 0.4) is 0 Å². The van der Waals surface area contributed by atoms with E-state index in [0.29, 0.717) is 0 Å². The van der Waals surface area contributed by atoms with Crippen molar-refractivity contribution in [3.8, 4) is 11.1 Å². The first-order valence-electron chi connectivity index (χ1n) is 9.07. The van der Waals surface area contributed by atoms with Crippen LogP contribution in [0.5, 0.6) is 0 Å². The summed E-state index contributed by atoms with van der Waals surface area (Å²) in [4.78, 5) is 4.93.